The summed E-state index contributed by atoms with van der Waals surface area (Å²) in [5.41, 5.74) is 18.9. The molecule has 0 fully saturated rings. The van der Waals surface area contributed by atoms with E-state index in [-0.39, 0.29) is 10.8 Å². The van der Waals surface area contributed by atoms with Crippen molar-refractivity contribution in [3.63, 3.8) is 0 Å². The topological polar surface area (TPSA) is 29.3 Å². The molecule has 12 rings (SSSR count). The highest BCUT2D eigenvalue weighted by molar-refractivity contribution is 6.23. The highest BCUT2D eigenvalue weighted by Crippen LogP contribution is 2.53. The number of anilines is 3. The Morgan fingerprint density at radius 3 is 1.52 bits per heavy atom. The van der Waals surface area contributed by atoms with Crippen molar-refractivity contribution in [2.75, 3.05) is 4.90 Å². The average Bonchev–Trinajstić information content (AvgIpc) is 3.91. The Bertz CT molecular complexity index is 3260. The van der Waals surface area contributed by atoms with Gasteiger partial charge in [0.2, 0.25) is 5.89 Å². The Balaban J connectivity index is 0.997. The van der Waals surface area contributed by atoms with Gasteiger partial charge in [-0.3, -0.25) is 0 Å². The number of benzene rings is 9. The SMILES string of the molecule is CC1(C)c2ccccc2-c2ccc(N(c3ccc(-c4ccc5c6ccccc6c6oc(-c7ccccc7)nc6c5c4)cc3)c3ccc4c(c3)C(C)(C)c3ccccc3-4)cc21. The first kappa shape index (κ1) is 34.8. The number of oxazole rings is 1. The molecule has 0 N–H and O–H groups in total. The van der Waals surface area contributed by atoms with Gasteiger partial charge in [0, 0.05) is 44.2 Å². The summed E-state index contributed by atoms with van der Waals surface area (Å²) in [6.45, 7) is 9.43. The summed E-state index contributed by atoms with van der Waals surface area (Å²) in [7, 11) is 0. The van der Waals surface area contributed by atoms with Crippen molar-refractivity contribution in [1.29, 1.82) is 0 Å². The van der Waals surface area contributed by atoms with Crippen LogP contribution in [0.4, 0.5) is 17.1 Å². The van der Waals surface area contributed by atoms with E-state index >= 15 is 0 Å². The zero-order valence-electron chi connectivity index (χ0n) is 34.1. The van der Waals surface area contributed by atoms with Crippen LogP contribution in [0.2, 0.25) is 0 Å². The molecule has 1 aromatic heterocycles. The minimum Gasteiger partial charge on any atom is -0.435 e. The Labute approximate surface area is 350 Å². The largest absolute Gasteiger partial charge is 0.435 e. The fraction of sp³-hybridized carbons (Fsp3) is 0.105. The smallest absolute Gasteiger partial charge is 0.227 e. The van der Waals surface area contributed by atoms with Gasteiger partial charge in [0.1, 0.15) is 5.52 Å². The Hall–Kier alpha value is -7.23. The second-order valence-corrected chi connectivity index (χ2v) is 17.6. The molecule has 3 heteroatoms. The van der Waals surface area contributed by atoms with Crippen LogP contribution >= 0.6 is 0 Å². The van der Waals surface area contributed by atoms with Crippen molar-refractivity contribution in [2.45, 2.75) is 38.5 Å². The number of aromatic nitrogens is 1. The monoisotopic (exact) mass is 770 g/mol. The van der Waals surface area contributed by atoms with Gasteiger partial charge in [0.05, 0.1) is 0 Å². The van der Waals surface area contributed by atoms with E-state index in [1.165, 1.54) is 49.9 Å². The highest BCUT2D eigenvalue weighted by Gasteiger charge is 2.37. The molecule has 2 aliphatic carbocycles. The average molecular weight is 771 g/mol. The lowest BCUT2D eigenvalue weighted by Gasteiger charge is -2.30. The molecule has 10 aromatic rings. The van der Waals surface area contributed by atoms with Gasteiger partial charge < -0.3 is 9.32 Å². The van der Waals surface area contributed by atoms with Crippen LogP contribution in [0.15, 0.2) is 186 Å². The zero-order chi connectivity index (χ0) is 40.3. The molecule has 0 aliphatic heterocycles. The molecule has 0 bridgehead atoms. The molecule has 0 unspecified atom stereocenters. The van der Waals surface area contributed by atoms with Crippen LogP contribution in [-0.2, 0) is 10.8 Å². The molecule has 0 saturated heterocycles. The minimum atomic E-state index is -0.114. The highest BCUT2D eigenvalue weighted by atomic mass is 16.3. The van der Waals surface area contributed by atoms with Gasteiger partial charge in [-0.05, 0) is 121 Å². The molecule has 0 spiro atoms. The Morgan fingerprint density at radius 1 is 0.383 bits per heavy atom. The lowest BCUT2D eigenvalue weighted by atomic mass is 9.82. The second-order valence-electron chi connectivity index (χ2n) is 17.6. The third-order valence-electron chi connectivity index (χ3n) is 13.5. The van der Waals surface area contributed by atoms with Gasteiger partial charge in [-0.1, -0.05) is 155 Å². The summed E-state index contributed by atoms with van der Waals surface area (Å²) < 4.78 is 6.55. The standard InChI is InChI=1S/C57H42N2O/c1-56(2)49-20-12-10-17-43(49)45-30-27-39(33-51(45)56)59(40-28-31-46-44-18-11-13-21-50(44)57(3,4)52(46)34-40)38-25-22-35(23-26-38)37-24-29-42-41-16-8-9-19-47(41)54-53(48(42)32-37)58-55(60-54)36-14-6-5-7-15-36/h5-34H,1-4H3. The van der Waals surface area contributed by atoms with Crippen molar-refractivity contribution in [3.05, 3.63) is 204 Å². The third-order valence-corrected chi connectivity index (χ3v) is 13.5. The molecule has 2 aliphatic rings. The number of hydrogen-bond acceptors (Lipinski definition) is 3. The first-order valence-electron chi connectivity index (χ1n) is 21.0. The molecule has 286 valence electrons. The minimum absolute atomic E-state index is 0.114. The van der Waals surface area contributed by atoms with E-state index < -0.39 is 0 Å². The third kappa shape index (κ3) is 4.99. The molecular weight excluding hydrogens is 729 g/mol. The second kappa shape index (κ2) is 12.6. The van der Waals surface area contributed by atoms with Gasteiger partial charge in [-0.2, -0.15) is 0 Å². The summed E-state index contributed by atoms with van der Waals surface area (Å²) in [5, 5.41) is 4.49. The molecule has 0 atom stereocenters. The first-order valence-corrected chi connectivity index (χ1v) is 21.0. The van der Waals surface area contributed by atoms with Gasteiger partial charge in [0.25, 0.3) is 0 Å². The quantitative estimate of drug-likeness (QED) is 0.163. The van der Waals surface area contributed by atoms with E-state index in [1.807, 2.05) is 18.2 Å². The maximum Gasteiger partial charge on any atom is 0.227 e. The lowest BCUT2D eigenvalue weighted by Crippen LogP contribution is -2.18. The van der Waals surface area contributed by atoms with Crippen LogP contribution < -0.4 is 4.90 Å². The predicted octanol–water partition coefficient (Wildman–Crippen LogP) is 15.6. The molecule has 3 nitrogen and oxygen atoms in total. The number of rotatable bonds is 5. The lowest BCUT2D eigenvalue weighted by molar-refractivity contribution is 0.623. The molecule has 9 aromatic carbocycles. The molecule has 0 radical (unpaired) electrons. The summed E-state index contributed by atoms with van der Waals surface area (Å²) in [6, 6.07) is 66.4. The molecule has 0 amide bonds. The molecule has 0 saturated carbocycles. The summed E-state index contributed by atoms with van der Waals surface area (Å²) in [6.07, 6.45) is 0. The van der Waals surface area contributed by atoms with E-state index in [0.29, 0.717) is 5.89 Å². The predicted molar refractivity (Wildman–Crippen MR) is 250 cm³/mol. The van der Waals surface area contributed by atoms with Crippen LogP contribution in [0.1, 0.15) is 49.9 Å². The van der Waals surface area contributed by atoms with Crippen LogP contribution in [-0.4, -0.2) is 4.98 Å². The normalized spacial score (nSPS) is 14.3. The molecule has 60 heavy (non-hydrogen) atoms. The van der Waals surface area contributed by atoms with Gasteiger partial charge in [-0.15, -0.1) is 0 Å². The van der Waals surface area contributed by atoms with E-state index in [1.54, 1.807) is 0 Å². The van der Waals surface area contributed by atoms with E-state index in [2.05, 4.69) is 196 Å². The van der Waals surface area contributed by atoms with Crippen LogP contribution in [0.25, 0.3) is 77.5 Å². The van der Waals surface area contributed by atoms with E-state index in [4.69, 9.17) is 9.40 Å². The number of hydrogen-bond donors (Lipinski definition) is 0. The van der Waals surface area contributed by atoms with Crippen molar-refractivity contribution in [2.24, 2.45) is 0 Å². The maximum absolute atomic E-state index is 6.55. The van der Waals surface area contributed by atoms with Gasteiger partial charge >= 0.3 is 0 Å². The summed E-state index contributed by atoms with van der Waals surface area (Å²) in [4.78, 5) is 7.57. The van der Waals surface area contributed by atoms with Crippen LogP contribution in [0, 0.1) is 0 Å². The summed E-state index contributed by atoms with van der Waals surface area (Å²) >= 11 is 0. The molecular formula is C57H42N2O. The number of fused-ring (bicyclic) bond motifs is 12. The molecule has 1 heterocycles. The van der Waals surface area contributed by atoms with Crippen molar-refractivity contribution in [3.8, 4) is 44.8 Å². The first-order chi connectivity index (χ1) is 29.3. The fourth-order valence-corrected chi connectivity index (χ4v) is 10.4. The Kier molecular flexibility index (Phi) is 7.32. The zero-order valence-corrected chi connectivity index (χ0v) is 34.1. The van der Waals surface area contributed by atoms with Gasteiger partial charge in [-0.25, -0.2) is 4.98 Å². The van der Waals surface area contributed by atoms with Crippen LogP contribution in [0.3, 0.4) is 0 Å². The van der Waals surface area contributed by atoms with Crippen LogP contribution in [0.5, 0.6) is 0 Å². The van der Waals surface area contributed by atoms with E-state index in [0.717, 1.165) is 61.0 Å². The summed E-state index contributed by atoms with van der Waals surface area (Å²) in [5.74, 6) is 0.635. The van der Waals surface area contributed by atoms with Crippen molar-refractivity contribution in [1.82, 2.24) is 4.98 Å². The van der Waals surface area contributed by atoms with Crippen molar-refractivity contribution < 1.29 is 4.42 Å². The van der Waals surface area contributed by atoms with Gasteiger partial charge in [0.15, 0.2) is 5.58 Å². The maximum atomic E-state index is 6.55. The van der Waals surface area contributed by atoms with E-state index in [9.17, 15) is 0 Å². The van der Waals surface area contributed by atoms with Crippen molar-refractivity contribution >= 4 is 49.7 Å². The fourth-order valence-electron chi connectivity index (χ4n) is 10.4. The number of nitrogens with zero attached hydrogens (tertiary/aromatic N) is 2. The Morgan fingerprint density at radius 2 is 0.883 bits per heavy atom.